The molecule has 1 unspecified atom stereocenters. The Bertz CT molecular complexity index is 336. The fourth-order valence-electron chi connectivity index (χ4n) is 2.02. The van der Waals surface area contributed by atoms with Gasteiger partial charge in [-0.15, -0.1) is 0 Å². The van der Waals surface area contributed by atoms with Crippen LogP contribution in [-0.2, 0) is 0 Å². The highest BCUT2D eigenvalue weighted by molar-refractivity contribution is 8.00. The predicted octanol–water partition coefficient (Wildman–Crippen LogP) is 2.68. The van der Waals surface area contributed by atoms with Crippen LogP contribution in [0.3, 0.4) is 0 Å². The molecule has 1 aromatic rings. The molecule has 2 rings (SSSR count). The van der Waals surface area contributed by atoms with Crippen LogP contribution in [0.5, 0.6) is 0 Å². The highest BCUT2D eigenvalue weighted by atomic mass is 32.2. The summed E-state index contributed by atoms with van der Waals surface area (Å²) >= 11 is 2.04. The van der Waals surface area contributed by atoms with Crippen LogP contribution in [0.1, 0.15) is 25.5 Å². The van der Waals surface area contributed by atoms with Gasteiger partial charge in [-0.25, -0.2) is 0 Å². The summed E-state index contributed by atoms with van der Waals surface area (Å²) in [6, 6.07) is 8.27. The molecule has 0 aliphatic carbocycles. The lowest BCUT2D eigenvalue weighted by molar-refractivity contribution is 0.199. The second kappa shape index (κ2) is 5.11. The summed E-state index contributed by atoms with van der Waals surface area (Å²) in [4.78, 5) is 2.42. The van der Waals surface area contributed by atoms with Crippen molar-refractivity contribution in [2.45, 2.75) is 25.2 Å². The molecule has 1 saturated heterocycles. The molecule has 0 amide bonds. The van der Waals surface area contributed by atoms with Crippen LogP contribution in [0.4, 0.5) is 5.69 Å². The Morgan fingerprint density at radius 2 is 2.06 bits per heavy atom. The van der Waals surface area contributed by atoms with Crippen molar-refractivity contribution in [3.63, 3.8) is 0 Å². The lowest BCUT2D eigenvalue weighted by Gasteiger charge is -2.32. The number of anilines is 1. The molecule has 3 heteroatoms. The van der Waals surface area contributed by atoms with Crippen molar-refractivity contribution >= 4 is 17.4 Å². The average Bonchev–Trinajstić information content (AvgIpc) is 2.29. The Labute approximate surface area is 102 Å². The van der Waals surface area contributed by atoms with Crippen LogP contribution < -0.4 is 4.90 Å². The fraction of sp³-hybridized carbons (Fsp3) is 0.538. The topological polar surface area (TPSA) is 23.5 Å². The minimum Gasteiger partial charge on any atom is -0.389 e. The van der Waals surface area contributed by atoms with E-state index in [2.05, 4.69) is 24.0 Å². The van der Waals surface area contributed by atoms with Crippen molar-refractivity contribution in [3.05, 3.63) is 29.8 Å². The maximum absolute atomic E-state index is 9.45. The lowest BCUT2D eigenvalue weighted by atomic mass is 10.1. The van der Waals surface area contributed by atoms with Crippen molar-refractivity contribution in [3.8, 4) is 0 Å². The summed E-state index contributed by atoms with van der Waals surface area (Å²) < 4.78 is 0. The van der Waals surface area contributed by atoms with E-state index in [1.165, 1.54) is 11.4 Å². The van der Waals surface area contributed by atoms with Crippen molar-refractivity contribution in [1.29, 1.82) is 0 Å². The lowest BCUT2D eigenvalue weighted by Crippen LogP contribution is -2.36. The van der Waals surface area contributed by atoms with Crippen molar-refractivity contribution in [2.75, 3.05) is 23.7 Å². The molecular formula is C13H19NOS. The Kier molecular flexibility index (Phi) is 3.77. The first-order chi connectivity index (χ1) is 7.66. The molecule has 1 fully saturated rings. The summed E-state index contributed by atoms with van der Waals surface area (Å²) in [6.07, 6.45) is -0.370. The van der Waals surface area contributed by atoms with Crippen LogP contribution in [0.25, 0.3) is 0 Å². The largest absolute Gasteiger partial charge is 0.389 e. The molecule has 2 nitrogen and oxygen atoms in total. The van der Waals surface area contributed by atoms with E-state index in [1.54, 1.807) is 6.92 Å². The summed E-state index contributed by atoms with van der Waals surface area (Å²) in [5.41, 5.74) is 2.26. The molecule has 88 valence electrons. The van der Waals surface area contributed by atoms with Gasteiger partial charge in [0.25, 0.3) is 0 Å². The number of rotatable bonds is 2. The third-order valence-corrected chi connectivity index (χ3v) is 4.12. The van der Waals surface area contributed by atoms with Crippen LogP contribution in [0, 0.1) is 0 Å². The predicted molar refractivity (Wildman–Crippen MR) is 71.2 cm³/mol. The molecule has 1 aliphatic rings. The van der Waals surface area contributed by atoms with Crippen molar-refractivity contribution in [1.82, 2.24) is 0 Å². The number of thioether (sulfide) groups is 1. The van der Waals surface area contributed by atoms with E-state index in [0.717, 1.165) is 18.7 Å². The summed E-state index contributed by atoms with van der Waals surface area (Å²) in [5, 5.41) is 10.2. The quantitative estimate of drug-likeness (QED) is 0.855. The van der Waals surface area contributed by atoms with E-state index in [1.807, 2.05) is 23.9 Å². The SMILES string of the molecule is CC1CN(c2ccc([C@H](C)O)cc2)CCS1. The molecular weight excluding hydrogens is 218 g/mol. The van der Waals surface area contributed by atoms with Gasteiger partial charge in [0, 0.05) is 29.8 Å². The zero-order chi connectivity index (χ0) is 11.5. The van der Waals surface area contributed by atoms with Gasteiger partial charge in [-0.2, -0.15) is 11.8 Å². The number of aliphatic hydroxyl groups is 1. The van der Waals surface area contributed by atoms with E-state index in [0.29, 0.717) is 5.25 Å². The number of hydrogen-bond donors (Lipinski definition) is 1. The van der Waals surface area contributed by atoms with Crippen LogP contribution in [0.2, 0.25) is 0 Å². The van der Waals surface area contributed by atoms with Gasteiger partial charge >= 0.3 is 0 Å². The fourth-order valence-corrected chi connectivity index (χ4v) is 3.03. The Hall–Kier alpha value is -0.670. The third-order valence-electron chi connectivity index (χ3n) is 2.98. The average molecular weight is 237 g/mol. The van der Waals surface area contributed by atoms with Crippen LogP contribution in [0.15, 0.2) is 24.3 Å². The molecule has 0 radical (unpaired) electrons. The van der Waals surface area contributed by atoms with Gasteiger partial charge in [-0.3, -0.25) is 0 Å². The molecule has 0 aromatic heterocycles. The van der Waals surface area contributed by atoms with Gasteiger partial charge in [-0.1, -0.05) is 19.1 Å². The summed E-state index contributed by atoms with van der Waals surface area (Å²) in [7, 11) is 0. The van der Waals surface area contributed by atoms with Gasteiger partial charge in [0.15, 0.2) is 0 Å². The highest BCUT2D eigenvalue weighted by Crippen LogP contribution is 2.25. The zero-order valence-electron chi connectivity index (χ0n) is 9.89. The first-order valence-corrected chi connectivity index (χ1v) is 6.86. The number of hydrogen-bond acceptors (Lipinski definition) is 3. The second-order valence-corrected chi connectivity index (χ2v) is 5.94. The number of nitrogens with zero attached hydrogens (tertiary/aromatic N) is 1. The zero-order valence-corrected chi connectivity index (χ0v) is 10.7. The Morgan fingerprint density at radius 1 is 1.38 bits per heavy atom. The monoisotopic (exact) mass is 237 g/mol. The molecule has 2 atom stereocenters. The normalized spacial score (nSPS) is 23.2. The van der Waals surface area contributed by atoms with Crippen molar-refractivity contribution in [2.24, 2.45) is 0 Å². The number of benzene rings is 1. The molecule has 0 saturated carbocycles. The van der Waals surface area contributed by atoms with Crippen molar-refractivity contribution < 1.29 is 5.11 Å². The first-order valence-electron chi connectivity index (χ1n) is 5.81. The van der Waals surface area contributed by atoms with E-state index in [4.69, 9.17) is 0 Å². The highest BCUT2D eigenvalue weighted by Gasteiger charge is 2.16. The smallest absolute Gasteiger partial charge is 0.0761 e. The van der Waals surface area contributed by atoms with Gasteiger partial charge < -0.3 is 10.0 Å². The second-order valence-electron chi connectivity index (χ2n) is 4.39. The maximum atomic E-state index is 9.45. The van der Waals surface area contributed by atoms with Gasteiger partial charge in [0.05, 0.1) is 6.10 Å². The van der Waals surface area contributed by atoms with Gasteiger partial charge in [0.1, 0.15) is 0 Å². The Balaban J connectivity index is 2.09. The molecule has 1 N–H and O–H groups in total. The molecule has 0 spiro atoms. The minimum absolute atomic E-state index is 0.370. The molecule has 1 heterocycles. The molecule has 16 heavy (non-hydrogen) atoms. The van der Waals surface area contributed by atoms with Crippen LogP contribution >= 0.6 is 11.8 Å². The third kappa shape index (κ3) is 2.71. The van der Waals surface area contributed by atoms with Crippen LogP contribution in [-0.4, -0.2) is 29.2 Å². The number of aliphatic hydroxyl groups excluding tert-OH is 1. The Morgan fingerprint density at radius 3 is 2.62 bits per heavy atom. The standard InChI is InChI=1S/C13H19NOS/c1-10-9-14(7-8-16-10)13-5-3-12(4-6-13)11(2)15/h3-6,10-11,15H,7-9H2,1-2H3/t10?,11-/m0/s1. The summed E-state index contributed by atoms with van der Waals surface area (Å²) in [5.74, 6) is 1.21. The maximum Gasteiger partial charge on any atom is 0.0761 e. The van der Waals surface area contributed by atoms with E-state index < -0.39 is 0 Å². The molecule has 1 aliphatic heterocycles. The minimum atomic E-state index is -0.370. The van der Waals surface area contributed by atoms with E-state index in [-0.39, 0.29) is 6.10 Å². The summed E-state index contributed by atoms with van der Waals surface area (Å²) in [6.45, 7) is 6.33. The molecule has 0 bridgehead atoms. The van der Waals surface area contributed by atoms with E-state index >= 15 is 0 Å². The van der Waals surface area contributed by atoms with E-state index in [9.17, 15) is 5.11 Å². The van der Waals surface area contributed by atoms with Gasteiger partial charge in [0.2, 0.25) is 0 Å². The first kappa shape index (κ1) is 11.8. The molecule has 1 aromatic carbocycles. The van der Waals surface area contributed by atoms with Gasteiger partial charge in [-0.05, 0) is 24.6 Å².